The number of ether oxygens (including phenoxy) is 1. The Morgan fingerprint density at radius 2 is 1.84 bits per heavy atom. The molecule has 0 atom stereocenters. The lowest BCUT2D eigenvalue weighted by Crippen LogP contribution is -2.42. The van der Waals surface area contributed by atoms with E-state index in [0.717, 1.165) is 12.2 Å². The molecule has 2 N–H and O–H groups in total. The van der Waals surface area contributed by atoms with E-state index in [1.807, 2.05) is 31.2 Å². The highest BCUT2D eigenvalue weighted by molar-refractivity contribution is 5.73. The topological polar surface area (TPSA) is 50.4 Å². The van der Waals surface area contributed by atoms with E-state index in [2.05, 4.69) is 24.5 Å². The molecule has 0 bridgehead atoms. The molecule has 19 heavy (non-hydrogen) atoms. The average Bonchev–Trinajstić information content (AvgIpc) is 2.43. The third-order valence-electron chi connectivity index (χ3n) is 3.10. The molecule has 0 spiro atoms. The first kappa shape index (κ1) is 15.3. The van der Waals surface area contributed by atoms with Crippen molar-refractivity contribution in [3.05, 3.63) is 29.8 Å². The summed E-state index contributed by atoms with van der Waals surface area (Å²) >= 11 is 0. The maximum Gasteiger partial charge on any atom is 0.314 e. The van der Waals surface area contributed by atoms with E-state index < -0.39 is 0 Å². The van der Waals surface area contributed by atoms with Gasteiger partial charge in [-0.1, -0.05) is 32.9 Å². The van der Waals surface area contributed by atoms with Gasteiger partial charge in [0.25, 0.3) is 0 Å². The van der Waals surface area contributed by atoms with Crippen molar-refractivity contribution in [3.63, 3.8) is 0 Å². The maximum absolute atomic E-state index is 11.5. The van der Waals surface area contributed by atoms with Crippen molar-refractivity contribution in [2.45, 2.75) is 32.6 Å². The lowest BCUT2D eigenvalue weighted by molar-refractivity contribution is 0.238. The van der Waals surface area contributed by atoms with Crippen LogP contribution in [0.2, 0.25) is 0 Å². The van der Waals surface area contributed by atoms with Gasteiger partial charge in [-0.2, -0.15) is 0 Å². The van der Waals surface area contributed by atoms with Crippen LogP contribution in [0.4, 0.5) is 4.79 Å². The van der Waals surface area contributed by atoms with Crippen LogP contribution in [0.15, 0.2) is 24.3 Å². The highest BCUT2D eigenvalue weighted by atomic mass is 16.5. The highest BCUT2D eigenvalue weighted by Gasteiger charge is 2.21. The Morgan fingerprint density at radius 3 is 2.37 bits per heavy atom. The van der Waals surface area contributed by atoms with Crippen LogP contribution < -0.4 is 15.4 Å². The van der Waals surface area contributed by atoms with E-state index in [0.29, 0.717) is 13.1 Å². The first-order valence-electron chi connectivity index (χ1n) is 6.66. The summed E-state index contributed by atoms with van der Waals surface area (Å²) in [6.07, 6.45) is 0.940. The molecular weight excluding hydrogens is 240 g/mol. The normalized spacial score (nSPS) is 10.9. The summed E-state index contributed by atoms with van der Waals surface area (Å²) in [5.74, 6) is 0.841. The fourth-order valence-corrected chi connectivity index (χ4v) is 1.75. The van der Waals surface area contributed by atoms with Gasteiger partial charge < -0.3 is 15.4 Å². The Kier molecular flexibility index (Phi) is 5.67. The number of hydrogen-bond donors (Lipinski definition) is 2. The minimum Gasteiger partial charge on any atom is -0.497 e. The lowest BCUT2D eigenvalue weighted by Gasteiger charge is -2.26. The van der Waals surface area contributed by atoms with Gasteiger partial charge in [-0.05, 0) is 24.1 Å². The van der Waals surface area contributed by atoms with E-state index in [1.165, 1.54) is 5.56 Å². The van der Waals surface area contributed by atoms with Gasteiger partial charge in [-0.25, -0.2) is 4.79 Å². The molecule has 0 saturated heterocycles. The summed E-state index contributed by atoms with van der Waals surface area (Å²) in [5, 5.41) is 5.71. The van der Waals surface area contributed by atoms with Gasteiger partial charge in [0, 0.05) is 18.5 Å². The fraction of sp³-hybridized carbons (Fsp3) is 0.533. The zero-order valence-electron chi connectivity index (χ0n) is 12.2. The van der Waals surface area contributed by atoms with Crippen molar-refractivity contribution in [2.75, 3.05) is 20.2 Å². The van der Waals surface area contributed by atoms with Gasteiger partial charge in [0.2, 0.25) is 0 Å². The number of amides is 2. The predicted molar refractivity (Wildman–Crippen MR) is 77.7 cm³/mol. The number of carbonyl (C=O) groups excluding carboxylic acids is 1. The molecule has 0 aliphatic rings. The molecule has 1 rings (SSSR count). The largest absolute Gasteiger partial charge is 0.497 e. The van der Waals surface area contributed by atoms with Gasteiger partial charge in [-0.15, -0.1) is 0 Å². The molecule has 0 aliphatic heterocycles. The van der Waals surface area contributed by atoms with Crippen LogP contribution in [-0.4, -0.2) is 26.2 Å². The number of rotatable bonds is 6. The monoisotopic (exact) mass is 264 g/mol. The Morgan fingerprint density at radius 1 is 1.21 bits per heavy atom. The number of methoxy groups -OCH3 is 1. The van der Waals surface area contributed by atoms with Crippen molar-refractivity contribution in [2.24, 2.45) is 0 Å². The van der Waals surface area contributed by atoms with Gasteiger partial charge >= 0.3 is 6.03 Å². The van der Waals surface area contributed by atoms with Gasteiger partial charge in [-0.3, -0.25) is 0 Å². The number of carbonyl (C=O) groups is 1. The van der Waals surface area contributed by atoms with Crippen LogP contribution in [-0.2, 0) is 5.41 Å². The number of hydrogen-bond acceptors (Lipinski definition) is 2. The van der Waals surface area contributed by atoms with E-state index in [4.69, 9.17) is 4.74 Å². The second kappa shape index (κ2) is 7.02. The Balaban J connectivity index is 2.56. The molecule has 1 aromatic carbocycles. The molecule has 0 unspecified atom stereocenters. The molecule has 0 aliphatic carbocycles. The SMILES string of the molecule is CCCNC(=O)NCC(C)(C)c1ccc(OC)cc1. The number of benzene rings is 1. The Hall–Kier alpha value is -1.71. The van der Waals surface area contributed by atoms with Crippen LogP contribution in [0.1, 0.15) is 32.8 Å². The number of urea groups is 1. The van der Waals surface area contributed by atoms with Crippen LogP contribution in [0.25, 0.3) is 0 Å². The molecule has 0 heterocycles. The molecule has 1 aromatic rings. The van der Waals surface area contributed by atoms with Crippen LogP contribution in [0.5, 0.6) is 5.75 Å². The smallest absolute Gasteiger partial charge is 0.314 e. The van der Waals surface area contributed by atoms with Crippen molar-refractivity contribution < 1.29 is 9.53 Å². The predicted octanol–water partition coefficient (Wildman–Crippen LogP) is 2.68. The third-order valence-corrected chi connectivity index (χ3v) is 3.10. The van der Waals surface area contributed by atoms with Crippen molar-refractivity contribution in [1.29, 1.82) is 0 Å². The number of nitrogens with one attached hydrogen (secondary N) is 2. The van der Waals surface area contributed by atoms with Crippen LogP contribution >= 0.6 is 0 Å². The molecule has 106 valence electrons. The molecule has 4 nitrogen and oxygen atoms in total. The molecule has 4 heteroatoms. The summed E-state index contributed by atoms with van der Waals surface area (Å²) in [5.41, 5.74) is 1.06. The second-order valence-corrected chi connectivity index (χ2v) is 5.22. The molecule has 0 saturated carbocycles. The first-order valence-corrected chi connectivity index (χ1v) is 6.66. The summed E-state index contributed by atoms with van der Waals surface area (Å²) in [6.45, 7) is 7.54. The minimum absolute atomic E-state index is 0.108. The zero-order valence-corrected chi connectivity index (χ0v) is 12.2. The van der Waals surface area contributed by atoms with E-state index >= 15 is 0 Å². The van der Waals surface area contributed by atoms with E-state index in [-0.39, 0.29) is 11.4 Å². The van der Waals surface area contributed by atoms with Gasteiger partial charge in [0.1, 0.15) is 5.75 Å². The van der Waals surface area contributed by atoms with Gasteiger partial charge in [0.05, 0.1) is 7.11 Å². The van der Waals surface area contributed by atoms with E-state index in [9.17, 15) is 4.79 Å². The summed E-state index contributed by atoms with van der Waals surface area (Å²) in [6, 6.07) is 7.83. The summed E-state index contributed by atoms with van der Waals surface area (Å²) in [7, 11) is 1.65. The molecule has 2 amide bonds. The van der Waals surface area contributed by atoms with Crippen molar-refractivity contribution in [3.8, 4) is 5.75 Å². The lowest BCUT2D eigenvalue weighted by atomic mass is 9.84. The van der Waals surface area contributed by atoms with Crippen LogP contribution in [0, 0.1) is 0 Å². The quantitative estimate of drug-likeness (QED) is 0.830. The second-order valence-electron chi connectivity index (χ2n) is 5.22. The van der Waals surface area contributed by atoms with E-state index in [1.54, 1.807) is 7.11 Å². The first-order chi connectivity index (χ1) is 8.99. The zero-order chi connectivity index (χ0) is 14.3. The molecule has 0 radical (unpaired) electrons. The standard InChI is InChI=1S/C15H24N2O2/c1-5-10-16-14(18)17-11-15(2,3)12-6-8-13(19-4)9-7-12/h6-9H,5,10-11H2,1-4H3,(H2,16,17,18). The van der Waals surface area contributed by atoms with Crippen molar-refractivity contribution >= 4 is 6.03 Å². The molecular formula is C15H24N2O2. The fourth-order valence-electron chi connectivity index (χ4n) is 1.75. The van der Waals surface area contributed by atoms with Crippen molar-refractivity contribution in [1.82, 2.24) is 10.6 Å². The Bertz CT molecular complexity index is 399. The minimum atomic E-state index is -0.115. The molecule has 0 fully saturated rings. The maximum atomic E-state index is 11.5. The van der Waals surface area contributed by atoms with Crippen LogP contribution in [0.3, 0.4) is 0 Å². The highest BCUT2D eigenvalue weighted by Crippen LogP contribution is 2.24. The average molecular weight is 264 g/mol. The summed E-state index contributed by atoms with van der Waals surface area (Å²) < 4.78 is 5.14. The Labute approximate surface area is 115 Å². The third kappa shape index (κ3) is 4.81. The molecule has 0 aromatic heterocycles. The summed E-state index contributed by atoms with van der Waals surface area (Å²) in [4.78, 5) is 11.5. The van der Waals surface area contributed by atoms with Gasteiger partial charge in [0.15, 0.2) is 0 Å².